The van der Waals surface area contributed by atoms with Crippen molar-refractivity contribution in [2.45, 2.75) is 78.7 Å². The molecule has 0 aromatic rings. The second-order valence-corrected chi connectivity index (χ2v) is 11.4. The van der Waals surface area contributed by atoms with Gasteiger partial charge in [-0.05, 0) is 88.6 Å². The van der Waals surface area contributed by atoms with E-state index in [2.05, 4.69) is 42.4 Å². The summed E-state index contributed by atoms with van der Waals surface area (Å²) in [6.07, 6.45) is 9.31. The highest BCUT2D eigenvalue weighted by atomic mass is 16.2. The molecule has 160 valence electrons. The minimum Gasteiger partial charge on any atom is -0.340 e. The Kier molecular flexibility index (Phi) is 5.83. The number of hydrogen-bond acceptors (Lipinski definition) is 3. The van der Waals surface area contributed by atoms with E-state index in [4.69, 9.17) is 0 Å². The van der Waals surface area contributed by atoms with Gasteiger partial charge in [-0.3, -0.25) is 9.69 Å². The topological polar surface area (TPSA) is 26.8 Å². The first-order valence-electron chi connectivity index (χ1n) is 12.1. The third kappa shape index (κ3) is 4.43. The van der Waals surface area contributed by atoms with Gasteiger partial charge < -0.3 is 9.80 Å². The first-order chi connectivity index (χ1) is 13.3. The van der Waals surface area contributed by atoms with Gasteiger partial charge in [-0.2, -0.15) is 0 Å². The Bertz CT molecular complexity index is 544. The van der Waals surface area contributed by atoms with Crippen LogP contribution in [-0.4, -0.2) is 72.5 Å². The largest absolute Gasteiger partial charge is 0.340 e. The molecule has 2 heterocycles. The molecule has 1 amide bonds. The molecule has 0 radical (unpaired) electrons. The quantitative estimate of drug-likeness (QED) is 0.690. The zero-order valence-electron chi connectivity index (χ0n) is 18.9. The van der Waals surface area contributed by atoms with Gasteiger partial charge in [0.15, 0.2) is 0 Å². The molecule has 2 saturated heterocycles. The number of carbonyl (C=O) groups excluding carboxylic acids is 1. The van der Waals surface area contributed by atoms with E-state index in [-0.39, 0.29) is 0 Å². The van der Waals surface area contributed by atoms with Crippen LogP contribution in [0, 0.1) is 22.7 Å². The summed E-state index contributed by atoms with van der Waals surface area (Å²) < 4.78 is 0. The van der Waals surface area contributed by atoms with Gasteiger partial charge in [0.1, 0.15) is 0 Å². The van der Waals surface area contributed by atoms with Crippen LogP contribution in [0.25, 0.3) is 0 Å². The molecule has 28 heavy (non-hydrogen) atoms. The van der Waals surface area contributed by atoms with Gasteiger partial charge in [-0.25, -0.2) is 0 Å². The number of nitrogens with zero attached hydrogens (tertiary/aromatic N) is 3. The van der Waals surface area contributed by atoms with Crippen molar-refractivity contribution < 1.29 is 4.79 Å². The molecule has 2 aliphatic heterocycles. The highest BCUT2D eigenvalue weighted by Crippen LogP contribution is 2.55. The number of rotatable bonds is 6. The summed E-state index contributed by atoms with van der Waals surface area (Å²) in [5, 5.41) is 0. The van der Waals surface area contributed by atoms with Gasteiger partial charge in [-0.1, -0.05) is 13.8 Å². The van der Waals surface area contributed by atoms with Crippen molar-refractivity contribution in [2.24, 2.45) is 22.7 Å². The van der Waals surface area contributed by atoms with Crippen molar-refractivity contribution in [3.8, 4) is 0 Å². The summed E-state index contributed by atoms with van der Waals surface area (Å²) in [7, 11) is 0. The van der Waals surface area contributed by atoms with Crippen molar-refractivity contribution in [3.05, 3.63) is 0 Å². The predicted octanol–water partition coefficient (Wildman–Crippen LogP) is 3.86. The standard InChI is InChI=1S/C24H43N3O/c1-19(2)15-24(5-6-24)18-25-9-7-23(8-10-25)16-21(17-23)22(28)27-13-11-26(12-14-27)20(3)4/h19-21H,5-18H2,1-4H3. The van der Waals surface area contributed by atoms with Crippen LogP contribution in [0.15, 0.2) is 0 Å². The number of piperazine rings is 1. The van der Waals surface area contributed by atoms with Crippen molar-refractivity contribution in [2.75, 3.05) is 45.8 Å². The Balaban J connectivity index is 1.19. The number of piperidine rings is 1. The fourth-order valence-electron chi connectivity index (χ4n) is 6.41. The van der Waals surface area contributed by atoms with Gasteiger partial charge in [0.25, 0.3) is 0 Å². The minimum atomic E-state index is 0.327. The summed E-state index contributed by atoms with van der Waals surface area (Å²) >= 11 is 0. The maximum Gasteiger partial charge on any atom is 0.225 e. The van der Waals surface area contributed by atoms with Crippen LogP contribution < -0.4 is 0 Å². The Labute approximate surface area is 173 Å². The van der Waals surface area contributed by atoms with E-state index < -0.39 is 0 Å². The number of carbonyl (C=O) groups is 1. The van der Waals surface area contributed by atoms with Gasteiger partial charge in [0.2, 0.25) is 5.91 Å². The van der Waals surface area contributed by atoms with E-state index in [1.54, 1.807) is 0 Å². The molecule has 0 unspecified atom stereocenters. The molecule has 4 heteroatoms. The van der Waals surface area contributed by atoms with Crippen LogP contribution in [0.4, 0.5) is 0 Å². The van der Waals surface area contributed by atoms with E-state index in [0.717, 1.165) is 32.1 Å². The molecule has 0 aromatic heterocycles. The van der Waals surface area contributed by atoms with Crippen molar-refractivity contribution >= 4 is 5.91 Å². The predicted molar refractivity (Wildman–Crippen MR) is 115 cm³/mol. The third-order valence-electron chi connectivity index (χ3n) is 8.34. The molecule has 2 aliphatic carbocycles. The zero-order chi connectivity index (χ0) is 19.9. The average Bonchev–Trinajstić information content (AvgIpc) is 3.38. The molecule has 1 spiro atoms. The van der Waals surface area contributed by atoms with Crippen LogP contribution in [0.1, 0.15) is 72.6 Å². The summed E-state index contributed by atoms with van der Waals surface area (Å²) in [5.74, 6) is 1.62. The molecule has 4 fully saturated rings. The lowest BCUT2D eigenvalue weighted by atomic mass is 9.57. The highest BCUT2D eigenvalue weighted by Gasteiger charge is 2.51. The second-order valence-electron chi connectivity index (χ2n) is 11.4. The van der Waals surface area contributed by atoms with Crippen molar-refractivity contribution in [1.82, 2.24) is 14.7 Å². The van der Waals surface area contributed by atoms with Gasteiger partial charge in [-0.15, -0.1) is 0 Å². The molecule has 0 N–H and O–H groups in total. The van der Waals surface area contributed by atoms with Crippen LogP contribution in [0.5, 0.6) is 0 Å². The lowest BCUT2D eigenvalue weighted by molar-refractivity contribution is -0.148. The van der Waals surface area contributed by atoms with Gasteiger partial charge in [0, 0.05) is 44.7 Å². The zero-order valence-corrected chi connectivity index (χ0v) is 18.9. The van der Waals surface area contributed by atoms with Gasteiger partial charge >= 0.3 is 0 Å². The third-order valence-corrected chi connectivity index (χ3v) is 8.34. The summed E-state index contributed by atoms with van der Waals surface area (Å²) in [5.41, 5.74) is 1.17. The molecule has 2 saturated carbocycles. The Morgan fingerprint density at radius 1 is 0.893 bits per heavy atom. The monoisotopic (exact) mass is 389 g/mol. The molecule has 4 nitrogen and oxygen atoms in total. The Hall–Kier alpha value is -0.610. The van der Waals surface area contributed by atoms with Crippen LogP contribution in [0.2, 0.25) is 0 Å². The Morgan fingerprint density at radius 2 is 1.50 bits per heavy atom. The van der Waals surface area contributed by atoms with Crippen LogP contribution >= 0.6 is 0 Å². The first-order valence-corrected chi connectivity index (χ1v) is 12.1. The number of hydrogen-bond donors (Lipinski definition) is 0. The molecule has 0 aromatic carbocycles. The smallest absolute Gasteiger partial charge is 0.225 e. The average molecular weight is 390 g/mol. The van der Waals surface area contributed by atoms with Crippen LogP contribution in [-0.2, 0) is 4.79 Å². The van der Waals surface area contributed by atoms with E-state index in [1.165, 1.54) is 64.6 Å². The number of amides is 1. The maximum atomic E-state index is 12.9. The van der Waals surface area contributed by atoms with Crippen molar-refractivity contribution in [1.29, 1.82) is 0 Å². The molecule has 0 bridgehead atoms. The molecule has 4 rings (SSSR count). The fourth-order valence-corrected chi connectivity index (χ4v) is 6.41. The fraction of sp³-hybridized carbons (Fsp3) is 0.958. The molecular weight excluding hydrogens is 346 g/mol. The van der Waals surface area contributed by atoms with Crippen molar-refractivity contribution in [3.63, 3.8) is 0 Å². The normalized spacial score (nSPS) is 28.1. The minimum absolute atomic E-state index is 0.327. The molecular formula is C24H43N3O. The molecule has 0 atom stereocenters. The summed E-state index contributed by atoms with van der Waals surface area (Å²) in [6, 6.07) is 0.602. The van der Waals surface area contributed by atoms with E-state index in [9.17, 15) is 4.79 Å². The Morgan fingerprint density at radius 3 is 2.00 bits per heavy atom. The SMILES string of the molecule is CC(C)CC1(CN2CCC3(CC2)CC(C(=O)N2CCN(C(C)C)CC2)C3)CC1. The molecule has 4 aliphatic rings. The van der Waals surface area contributed by atoms with Crippen LogP contribution in [0.3, 0.4) is 0 Å². The van der Waals surface area contributed by atoms with E-state index in [1.807, 2.05) is 0 Å². The maximum absolute atomic E-state index is 12.9. The highest BCUT2D eigenvalue weighted by molar-refractivity contribution is 5.80. The van der Waals surface area contributed by atoms with Gasteiger partial charge in [0.05, 0.1) is 0 Å². The van der Waals surface area contributed by atoms with E-state index in [0.29, 0.717) is 28.7 Å². The lowest BCUT2D eigenvalue weighted by Crippen LogP contribution is -2.56. The lowest BCUT2D eigenvalue weighted by Gasteiger charge is -2.53. The summed E-state index contributed by atoms with van der Waals surface area (Å²) in [6.45, 7) is 17.1. The van der Waals surface area contributed by atoms with E-state index >= 15 is 0 Å². The number of likely N-dealkylation sites (tertiary alicyclic amines) is 1. The second kappa shape index (κ2) is 7.91. The summed E-state index contributed by atoms with van der Waals surface area (Å²) in [4.78, 5) is 20.3. The first kappa shape index (κ1) is 20.7.